The lowest BCUT2D eigenvalue weighted by molar-refractivity contribution is 0.0689. The molecule has 0 radical (unpaired) electrons. The number of hydrogen-bond donors (Lipinski definition) is 1. The molecule has 6 heteroatoms. The number of guanidine groups is 1. The maximum absolute atomic E-state index is 5.91. The van der Waals surface area contributed by atoms with Crippen molar-refractivity contribution >= 4 is 5.96 Å². The largest absolute Gasteiger partial charge is 0.382 e. The minimum Gasteiger partial charge on any atom is -0.382 e. The highest BCUT2D eigenvalue weighted by atomic mass is 16.5. The second-order valence-electron chi connectivity index (χ2n) is 6.89. The van der Waals surface area contributed by atoms with Crippen LogP contribution in [0.1, 0.15) is 24.8 Å². The summed E-state index contributed by atoms with van der Waals surface area (Å²) in [5, 5.41) is 3.47. The first-order chi connectivity index (χ1) is 13.3. The number of ether oxygens (including phenoxy) is 3. The molecule has 0 aliphatic carbocycles. The van der Waals surface area contributed by atoms with E-state index in [4.69, 9.17) is 14.2 Å². The van der Waals surface area contributed by atoms with Gasteiger partial charge >= 0.3 is 0 Å². The molecular weight excluding hydrogens is 342 g/mol. The zero-order valence-corrected chi connectivity index (χ0v) is 16.9. The van der Waals surface area contributed by atoms with E-state index in [1.807, 2.05) is 13.1 Å². The Hall–Kier alpha value is -1.63. The minimum atomic E-state index is 0.571. The van der Waals surface area contributed by atoms with Crippen LogP contribution < -0.4 is 5.32 Å². The molecule has 0 aromatic heterocycles. The second kappa shape index (κ2) is 13.5. The van der Waals surface area contributed by atoms with Crippen LogP contribution in [0.25, 0.3) is 0 Å². The fourth-order valence-electron chi connectivity index (χ4n) is 3.18. The molecule has 1 aromatic rings. The average molecular weight is 378 g/mol. The highest BCUT2D eigenvalue weighted by Gasteiger charge is 2.24. The van der Waals surface area contributed by atoms with E-state index in [1.54, 1.807) is 7.11 Å². The van der Waals surface area contributed by atoms with Gasteiger partial charge in [-0.2, -0.15) is 0 Å². The van der Waals surface area contributed by atoms with Crippen molar-refractivity contribution in [3.8, 4) is 0 Å². The first kappa shape index (κ1) is 21.7. The van der Waals surface area contributed by atoms with Gasteiger partial charge in [-0.3, -0.25) is 4.99 Å². The van der Waals surface area contributed by atoms with Crippen LogP contribution in [0.5, 0.6) is 0 Å². The quantitative estimate of drug-likeness (QED) is 0.345. The lowest BCUT2D eigenvalue weighted by Gasteiger charge is -2.21. The second-order valence-corrected chi connectivity index (χ2v) is 6.89. The summed E-state index contributed by atoms with van der Waals surface area (Å²) in [6.07, 6.45) is 3.27. The van der Waals surface area contributed by atoms with Crippen molar-refractivity contribution < 1.29 is 14.2 Å². The molecule has 1 aromatic carbocycles. The monoisotopic (exact) mass is 377 g/mol. The lowest BCUT2D eigenvalue weighted by atomic mass is 10.1. The zero-order chi connectivity index (χ0) is 19.2. The first-order valence-corrected chi connectivity index (χ1v) is 9.97. The third-order valence-electron chi connectivity index (χ3n) is 4.69. The molecule has 0 spiro atoms. The number of likely N-dealkylation sites (tertiary alicyclic amines) is 1. The summed E-state index contributed by atoms with van der Waals surface area (Å²) in [7, 11) is 3.55. The Balaban J connectivity index is 1.55. The molecule has 1 N–H and O–H groups in total. The zero-order valence-electron chi connectivity index (χ0n) is 16.9. The Bertz CT molecular complexity index is 525. The van der Waals surface area contributed by atoms with Gasteiger partial charge in [0.05, 0.1) is 26.4 Å². The van der Waals surface area contributed by atoms with Gasteiger partial charge in [-0.05, 0) is 24.8 Å². The van der Waals surface area contributed by atoms with Crippen LogP contribution in [-0.2, 0) is 20.8 Å². The van der Waals surface area contributed by atoms with Gasteiger partial charge in [0.2, 0.25) is 0 Å². The van der Waals surface area contributed by atoms with Gasteiger partial charge in [0, 0.05) is 46.3 Å². The van der Waals surface area contributed by atoms with Gasteiger partial charge in [-0.15, -0.1) is 0 Å². The maximum Gasteiger partial charge on any atom is 0.193 e. The van der Waals surface area contributed by atoms with E-state index >= 15 is 0 Å². The number of rotatable bonds is 12. The molecule has 1 saturated heterocycles. The van der Waals surface area contributed by atoms with Crippen LogP contribution in [0, 0.1) is 5.92 Å². The molecule has 152 valence electrons. The van der Waals surface area contributed by atoms with Crippen LogP contribution in [-0.4, -0.2) is 71.1 Å². The molecular formula is C21H35N3O3. The molecule has 1 unspecified atom stereocenters. The van der Waals surface area contributed by atoms with E-state index in [2.05, 4.69) is 39.5 Å². The molecule has 1 atom stereocenters. The number of hydrogen-bond acceptors (Lipinski definition) is 4. The molecule has 6 nitrogen and oxygen atoms in total. The number of benzene rings is 1. The van der Waals surface area contributed by atoms with Crippen molar-refractivity contribution in [3.05, 3.63) is 35.9 Å². The Morgan fingerprint density at radius 3 is 2.78 bits per heavy atom. The van der Waals surface area contributed by atoms with Gasteiger partial charge in [-0.25, -0.2) is 0 Å². The van der Waals surface area contributed by atoms with Gasteiger partial charge in [0.25, 0.3) is 0 Å². The maximum atomic E-state index is 5.91. The predicted molar refractivity (Wildman–Crippen MR) is 109 cm³/mol. The van der Waals surface area contributed by atoms with Gasteiger partial charge in [-0.1, -0.05) is 30.3 Å². The van der Waals surface area contributed by atoms with Crippen LogP contribution in [0.4, 0.5) is 0 Å². The Labute approximate surface area is 163 Å². The van der Waals surface area contributed by atoms with E-state index in [-0.39, 0.29) is 0 Å². The van der Waals surface area contributed by atoms with Crippen LogP contribution >= 0.6 is 0 Å². The number of nitrogens with one attached hydrogen (secondary N) is 1. The summed E-state index contributed by atoms with van der Waals surface area (Å²) in [4.78, 5) is 6.77. The van der Waals surface area contributed by atoms with E-state index in [0.29, 0.717) is 25.7 Å². The average Bonchev–Trinajstić information content (AvgIpc) is 3.16. The molecule has 1 heterocycles. The van der Waals surface area contributed by atoms with E-state index in [0.717, 1.165) is 58.1 Å². The summed E-state index contributed by atoms with van der Waals surface area (Å²) in [5.41, 5.74) is 1.23. The van der Waals surface area contributed by atoms with Crippen molar-refractivity contribution in [3.63, 3.8) is 0 Å². The summed E-state index contributed by atoms with van der Waals surface area (Å²) in [5.74, 6) is 1.57. The van der Waals surface area contributed by atoms with Crippen molar-refractivity contribution in [2.45, 2.75) is 25.9 Å². The van der Waals surface area contributed by atoms with Gasteiger partial charge in [0.1, 0.15) is 0 Å². The highest BCUT2D eigenvalue weighted by molar-refractivity contribution is 5.80. The van der Waals surface area contributed by atoms with E-state index in [9.17, 15) is 0 Å². The van der Waals surface area contributed by atoms with Crippen LogP contribution in [0.3, 0.4) is 0 Å². The number of unbranched alkanes of at least 4 members (excludes halogenated alkanes) is 1. The van der Waals surface area contributed by atoms with Gasteiger partial charge < -0.3 is 24.4 Å². The standard InChI is InChI=1S/C21H35N3O3/c1-22-21(23-11-6-7-13-26-15-14-25-2)24-12-10-20(16-24)18-27-17-19-8-4-3-5-9-19/h3-5,8-9,20H,6-7,10-18H2,1-2H3,(H,22,23). The molecule has 1 aliphatic rings. The Morgan fingerprint density at radius 2 is 2.00 bits per heavy atom. The first-order valence-electron chi connectivity index (χ1n) is 9.97. The fraction of sp³-hybridized carbons (Fsp3) is 0.667. The van der Waals surface area contributed by atoms with Crippen LogP contribution in [0.15, 0.2) is 35.3 Å². The molecule has 0 saturated carbocycles. The Morgan fingerprint density at radius 1 is 1.15 bits per heavy atom. The van der Waals surface area contributed by atoms with E-state index < -0.39 is 0 Å². The molecule has 0 amide bonds. The van der Waals surface area contributed by atoms with E-state index in [1.165, 1.54) is 5.56 Å². The summed E-state index contributed by atoms with van der Waals surface area (Å²) >= 11 is 0. The minimum absolute atomic E-state index is 0.571. The fourth-order valence-corrected chi connectivity index (χ4v) is 3.18. The summed E-state index contributed by atoms with van der Waals surface area (Å²) in [6.45, 7) is 6.59. The van der Waals surface area contributed by atoms with Crippen molar-refractivity contribution in [2.24, 2.45) is 10.9 Å². The van der Waals surface area contributed by atoms with Crippen LogP contribution in [0.2, 0.25) is 0 Å². The smallest absolute Gasteiger partial charge is 0.193 e. The Kier molecular flexibility index (Phi) is 10.9. The number of nitrogens with zero attached hydrogens (tertiary/aromatic N) is 2. The van der Waals surface area contributed by atoms with Gasteiger partial charge in [0.15, 0.2) is 5.96 Å². The molecule has 0 bridgehead atoms. The van der Waals surface area contributed by atoms with Crippen molar-refractivity contribution in [1.82, 2.24) is 10.2 Å². The lowest BCUT2D eigenvalue weighted by Crippen LogP contribution is -2.40. The normalized spacial score (nSPS) is 17.5. The highest BCUT2D eigenvalue weighted by Crippen LogP contribution is 2.17. The molecule has 2 rings (SSSR count). The topological polar surface area (TPSA) is 55.3 Å². The third-order valence-corrected chi connectivity index (χ3v) is 4.69. The molecule has 1 fully saturated rings. The van der Waals surface area contributed by atoms with Crippen molar-refractivity contribution in [1.29, 1.82) is 0 Å². The third kappa shape index (κ3) is 8.73. The number of methoxy groups -OCH3 is 1. The predicted octanol–water partition coefficient (Wildman–Crippen LogP) is 2.54. The van der Waals surface area contributed by atoms with Crippen molar-refractivity contribution in [2.75, 3.05) is 60.2 Å². The SMILES string of the molecule is CN=C(NCCCCOCCOC)N1CCC(COCc2ccccc2)C1. The molecule has 27 heavy (non-hydrogen) atoms. The summed E-state index contributed by atoms with van der Waals surface area (Å²) < 4.78 is 16.4. The summed E-state index contributed by atoms with van der Waals surface area (Å²) in [6, 6.07) is 10.4. The number of aliphatic imine (C=N–C) groups is 1. The molecule has 1 aliphatic heterocycles.